The van der Waals surface area contributed by atoms with Crippen LogP contribution in [0.25, 0.3) is 6.08 Å². The van der Waals surface area contributed by atoms with E-state index in [4.69, 9.17) is 9.57 Å². The zero-order valence-corrected chi connectivity index (χ0v) is 17.9. The summed E-state index contributed by atoms with van der Waals surface area (Å²) in [6, 6.07) is 10.7. The zero-order valence-electron chi connectivity index (χ0n) is 17.9. The van der Waals surface area contributed by atoms with Crippen LogP contribution in [0.2, 0.25) is 0 Å². The summed E-state index contributed by atoms with van der Waals surface area (Å²) in [4.78, 5) is 27.8. The van der Waals surface area contributed by atoms with E-state index in [1.165, 1.54) is 11.8 Å². The second kappa shape index (κ2) is 11.1. The minimum Gasteiger partial charge on any atom is -0.365 e. The van der Waals surface area contributed by atoms with Crippen molar-refractivity contribution in [2.75, 3.05) is 25.0 Å². The number of nitrogens with one attached hydrogen (secondary N) is 2. The van der Waals surface area contributed by atoms with Crippen LogP contribution in [0.3, 0.4) is 0 Å². The van der Waals surface area contributed by atoms with Gasteiger partial charge in [-0.3, -0.25) is 14.7 Å². The third-order valence-corrected chi connectivity index (χ3v) is 5.46. The molecule has 4 rings (SSSR count). The quantitative estimate of drug-likeness (QED) is 0.481. The number of halogens is 1. The average Bonchev–Trinajstić information content (AvgIpc) is 3.26. The third-order valence-electron chi connectivity index (χ3n) is 5.46. The van der Waals surface area contributed by atoms with Gasteiger partial charge in [-0.25, -0.2) is 19.7 Å². The number of anilines is 1. The molecule has 2 atom stereocenters. The standard InChI is InChI=1S/C23H28FN5O3/c24-20(23(30)28-32-22-8-4-5-11-31-22)12-19-13-26-21(14-25-19)27-18-9-10-29(16-18)15-17-6-2-1-3-7-17/h1-3,6-7,12-14,18,22H,4-5,8-11,15-16H2,(H,26,27)(H,28,30)/b20-12-/t18-,22?/m1/s1. The number of carbonyl (C=O) groups excluding carboxylic acids is 1. The molecule has 0 aliphatic carbocycles. The van der Waals surface area contributed by atoms with Gasteiger partial charge in [-0.1, -0.05) is 30.3 Å². The number of hydrogen-bond donors (Lipinski definition) is 2. The Balaban J connectivity index is 1.23. The number of hydroxylamine groups is 1. The summed E-state index contributed by atoms with van der Waals surface area (Å²) >= 11 is 0. The lowest BCUT2D eigenvalue weighted by molar-refractivity contribution is -0.199. The molecule has 2 saturated heterocycles. The second-order valence-corrected chi connectivity index (χ2v) is 8.01. The molecule has 0 radical (unpaired) electrons. The first-order chi connectivity index (χ1) is 15.7. The number of benzene rings is 1. The highest BCUT2D eigenvalue weighted by molar-refractivity contribution is 5.94. The summed E-state index contributed by atoms with van der Waals surface area (Å²) in [6.45, 7) is 3.42. The molecule has 2 N–H and O–H groups in total. The van der Waals surface area contributed by atoms with Crippen LogP contribution in [-0.2, 0) is 20.9 Å². The van der Waals surface area contributed by atoms with Crippen LogP contribution >= 0.6 is 0 Å². The normalized spacial score (nSPS) is 22.0. The summed E-state index contributed by atoms with van der Waals surface area (Å²) in [5, 5.41) is 3.37. The highest BCUT2D eigenvalue weighted by Crippen LogP contribution is 2.17. The monoisotopic (exact) mass is 441 g/mol. The fourth-order valence-corrected chi connectivity index (χ4v) is 3.80. The van der Waals surface area contributed by atoms with Crippen molar-refractivity contribution in [2.45, 2.75) is 44.6 Å². The Morgan fingerprint density at radius 2 is 2.09 bits per heavy atom. The molecule has 1 aromatic heterocycles. The Bertz CT molecular complexity index is 904. The lowest BCUT2D eigenvalue weighted by Crippen LogP contribution is -2.33. The van der Waals surface area contributed by atoms with Crippen LogP contribution in [-0.4, -0.2) is 52.8 Å². The molecule has 0 spiro atoms. The van der Waals surface area contributed by atoms with E-state index in [2.05, 4.69) is 49.9 Å². The summed E-state index contributed by atoms with van der Waals surface area (Å²) in [7, 11) is 0. The van der Waals surface area contributed by atoms with E-state index in [1.54, 1.807) is 6.20 Å². The average molecular weight is 442 g/mol. The van der Waals surface area contributed by atoms with Gasteiger partial charge in [0.25, 0.3) is 0 Å². The van der Waals surface area contributed by atoms with Crippen LogP contribution in [0.4, 0.5) is 10.2 Å². The van der Waals surface area contributed by atoms with Crippen molar-refractivity contribution in [3.05, 3.63) is 59.8 Å². The van der Waals surface area contributed by atoms with Crippen LogP contribution in [0.5, 0.6) is 0 Å². The fraction of sp³-hybridized carbons (Fsp3) is 0.435. The molecule has 3 heterocycles. The van der Waals surface area contributed by atoms with Gasteiger partial charge in [0.1, 0.15) is 5.82 Å². The first-order valence-electron chi connectivity index (χ1n) is 11.0. The first kappa shape index (κ1) is 22.3. The molecule has 2 fully saturated rings. The highest BCUT2D eigenvalue weighted by Gasteiger charge is 2.22. The lowest BCUT2D eigenvalue weighted by atomic mass is 10.2. The Morgan fingerprint density at radius 1 is 1.22 bits per heavy atom. The van der Waals surface area contributed by atoms with Crippen molar-refractivity contribution in [1.29, 1.82) is 0 Å². The molecule has 2 aliphatic rings. The molecule has 8 nitrogen and oxygen atoms in total. The summed E-state index contributed by atoms with van der Waals surface area (Å²) < 4.78 is 19.4. The van der Waals surface area contributed by atoms with Crippen LogP contribution in [0, 0.1) is 0 Å². The molecule has 32 heavy (non-hydrogen) atoms. The number of nitrogens with zero attached hydrogens (tertiary/aromatic N) is 3. The number of likely N-dealkylation sites (tertiary alicyclic amines) is 1. The van der Waals surface area contributed by atoms with Gasteiger partial charge in [-0.05, 0) is 24.8 Å². The van der Waals surface area contributed by atoms with Crippen molar-refractivity contribution >= 4 is 17.8 Å². The molecular formula is C23H28FN5O3. The molecule has 1 aromatic carbocycles. The Morgan fingerprint density at radius 3 is 2.84 bits per heavy atom. The van der Waals surface area contributed by atoms with Crippen molar-refractivity contribution in [3.8, 4) is 0 Å². The van der Waals surface area contributed by atoms with Gasteiger partial charge in [-0.2, -0.15) is 0 Å². The number of ether oxygens (including phenoxy) is 1. The first-order valence-corrected chi connectivity index (χ1v) is 11.0. The Labute approximate surface area is 186 Å². The van der Waals surface area contributed by atoms with Crippen molar-refractivity contribution < 1.29 is 18.8 Å². The van der Waals surface area contributed by atoms with Gasteiger partial charge < -0.3 is 10.1 Å². The molecule has 0 bridgehead atoms. The number of aromatic nitrogens is 2. The maximum absolute atomic E-state index is 14.1. The van der Waals surface area contributed by atoms with E-state index in [1.807, 2.05) is 6.07 Å². The van der Waals surface area contributed by atoms with Gasteiger partial charge in [0.05, 0.1) is 18.1 Å². The SMILES string of the molecule is O=C(NOC1CCCCO1)/C(F)=C/c1cnc(N[C@@H]2CCN(Cc3ccccc3)C2)cn1. The summed E-state index contributed by atoms with van der Waals surface area (Å²) in [6.07, 6.45) is 7.03. The zero-order chi connectivity index (χ0) is 22.2. The second-order valence-electron chi connectivity index (χ2n) is 8.01. The van der Waals surface area contributed by atoms with Crippen molar-refractivity contribution in [2.24, 2.45) is 0 Å². The number of amides is 1. The number of carbonyl (C=O) groups is 1. The van der Waals surface area contributed by atoms with Gasteiger partial charge in [-0.15, -0.1) is 0 Å². The van der Waals surface area contributed by atoms with Crippen molar-refractivity contribution in [1.82, 2.24) is 20.3 Å². The van der Waals surface area contributed by atoms with E-state index < -0.39 is 18.0 Å². The molecule has 0 saturated carbocycles. The molecule has 1 unspecified atom stereocenters. The van der Waals surface area contributed by atoms with Gasteiger partial charge >= 0.3 is 5.91 Å². The van der Waals surface area contributed by atoms with Crippen LogP contribution < -0.4 is 10.8 Å². The summed E-state index contributed by atoms with van der Waals surface area (Å²) in [5.74, 6) is -1.37. The fourth-order valence-electron chi connectivity index (χ4n) is 3.80. The molecule has 9 heteroatoms. The lowest BCUT2D eigenvalue weighted by Gasteiger charge is -2.21. The van der Waals surface area contributed by atoms with E-state index in [9.17, 15) is 9.18 Å². The largest absolute Gasteiger partial charge is 0.365 e. The minimum absolute atomic E-state index is 0.245. The smallest absolute Gasteiger partial charge is 0.303 e. The molecule has 1 amide bonds. The Hall–Kier alpha value is -2.88. The summed E-state index contributed by atoms with van der Waals surface area (Å²) in [5.41, 5.74) is 3.62. The van der Waals surface area contributed by atoms with Crippen LogP contribution in [0.1, 0.15) is 36.9 Å². The third kappa shape index (κ3) is 6.56. The minimum atomic E-state index is -1.01. The predicted molar refractivity (Wildman–Crippen MR) is 118 cm³/mol. The van der Waals surface area contributed by atoms with Gasteiger partial charge in [0.2, 0.25) is 0 Å². The van der Waals surface area contributed by atoms with Gasteiger partial charge in [0.15, 0.2) is 12.1 Å². The van der Waals surface area contributed by atoms with E-state index in [0.29, 0.717) is 18.8 Å². The molecule has 2 aliphatic heterocycles. The molecule has 170 valence electrons. The Kier molecular flexibility index (Phi) is 7.76. The van der Waals surface area contributed by atoms with E-state index in [-0.39, 0.29) is 11.7 Å². The van der Waals surface area contributed by atoms with Crippen LogP contribution in [0.15, 0.2) is 48.6 Å². The van der Waals surface area contributed by atoms with E-state index >= 15 is 0 Å². The molecular weight excluding hydrogens is 413 g/mol. The highest BCUT2D eigenvalue weighted by atomic mass is 19.1. The van der Waals surface area contributed by atoms with E-state index in [0.717, 1.165) is 45.0 Å². The molecule has 2 aromatic rings. The number of hydrogen-bond acceptors (Lipinski definition) is 7. The predicted octanol–water partition coefficient (Wildman–Crippen LogP) is 3.05. The number of rotatable bonds is 8. The topological polar surface area (TPSA) is 88.6 Å². The maximum atomic E-state index is 14.1. The van der Waals surface area contributed by atoms with Crippen molar-refractivity contribution in [3.63, 3.8) is 0 Å². The maximum Gasteiger partial charge on any atom is 0.303 e. The van der Waals surface area contributed by atoms with Gasteiger partial charge in [0, 0.05) is 44.8 Å².